The third kappa shape index (κ3) is 3.91. The van der Waals surface area contributed by atoms with Gasteiger partial charge < -0.3 is 19.9 Å². The van der Waals surface area contributed by atoms with E-state index in [1.165, 1.54) is 6.42 Å². The molecular formula is C15H27NO3. The molecule has 3 aliphatic rings. The van der Waals surface area contributed by atoms with E-state index in [-0.39, 0.29) is 6.10 Å². The van der Waals surface area contributed by atoms with Crippen molar-refractivity contribution >= 4 is 0 Å². The second-order valence-electron chi connectivity index (χ2n) is 6.48. The average Bonchev–Trinajstić information content (AvgIpc) is 3.05. The van der Waals surface area contributed by atoms with Gasteiger partial charge in [0.1, 0.15) is 0 Å². The number of hydrogen-bond acceptors (Lipinski definition) is 4. The molecule has 0 bridgehead atoms. The van der Waals surface area contributed by atoms with Gasteiger partial charge in [-0.1, -0.05) is 0 Å². The van der Waals surface area contributed by atoms with E-state index in [9.17, 15) is 5.11 Å². The van der Waals surface area contributed by atoms with E-state index in [0.717, 1.165) is 76.3 Å². The summed E-state index contributed by atoms with van der Waals surface area (Å²) in [4.78, 5) is 0. The molecule has 2 N–H and O–H groups in total. The van der Waals surface area contributed by atoms with Crippen LogP contribution in [-0.4, -0.2) is 50.2 Å². The number of aliphatic hydroxyl groups is 1. The molecular weight excluding hydrogens is 242 g/mol. The number of hydrogen-bond donors (Lipinski definition) is 2. The molecule has 4 heteroatoms. The Kier molecular flexibility index (Phi) is 4.74. The minimum atomic E-state index is -0.00182. The first kappa shape index (κ1) is 13.8. The van der Waals surface area contributed by atoms with Crippen LogP contribution in [0.1, 0.15) is 32.1 Å². The van der Waals surface area contributed by atoms with Gasteiger partial charge in [0.05, 0.1) is 12.2 Å². The van der Waals surface area contributed by atoms with Crippen LogP contribution >= 0.6 is 0 Å². The zero-order valence-electron chi connectivity index (χ0n) is 11.7. The highest BCUT2D eigenvalue weighted by atomic mass is 16.5. The first-order chi connectivity index (χ1) is 9.33. The van der Waals surface area contributed by atoms with Crippen molar-refractivity contribution in [3.8, 4) is 0 Å². The molecule has 1 aliphatic heterocycles. The lowest BCUT2D eigenvalue weighted by Gasteiger charge is -2.31. The quantitative estimate of drug-likeness (QED) is 0.617. The molecule has 3 fully saturated rings. The molecule has 1 saturated heterocycles. The summed E-state index contributed by atoms with van der Waals surface area (Å²) in [5.74, 6) is 2.45. The second kappa shape index (κ2) is 6.53. The maximum atomic E-state index is 9.29. The summed E-state index contributed by atoms with van der Waals surface area (Å²) in [5.41, 5.74) is 0. The van der Waals surface area contributed by atoms with E-state index in [1.807, 2.05) is 0 Å². The molecule has 2 atom stereocenters. The maximum absolute atomic E-state index is 9.29. The van der Waals surface area contributed by atoms with Gasteiger partial charge in [-0.3, -0.25) is 0 Å². The fraction of sp³-hybridized carbons (Fsp3) is 1.00. The summed E-state index contributed by atoms with van der Waals surface area (Å²) >= 11 is 0. The predicted molar refractivity (Wildman–Crippen MR) is 73.0 cm³/mol. The molecule has 0 aromatic rings. The third-order valence-electron chi connectivity index (χ3n) is 4.84. The van der Waals surface area contributed by atoms with Crippen LogP contribution in [0, 0.1) is 17.8 Å². The molecule has 1 heterocycles. The van der Waals surface area contributed by atoms with Gasteiger partial charge in [0.2, 0.25) is 0 Å². The van der Waals surface area contributed by atoms with Gasteiger partial charge >= 0.3 is 0 Å². The van der Waals surface area contributed by atoms with Crippen molar-refractivity contribution in [2.24, 2.45) is 17.8 Å². The van der Waals surface area contributed by atoms with Crippen LogP contribution in [0.15, 0.2) is 0 Å². The highest BCUT2D eigenvalue weighted by Crippen LogP contribution is 2.51. The SMILES string of the molecule is OC1CC([C@@H]2CC2COCCCCOC2CNC2)C1. The summed E-state index contributed by atoms with van der Waals surface area (Å²) in [5, 5.41) is 12.5. The molecule has 110 valence electrons. The van der Waals surface area contributed by atoms with Gasteiger partial charge in [0, 0.05) is 32.9 Å². The summed E-state index contributed by atoms with van der Waals surface area (Å²) < 4.78 is 11.4. The van der Waals surface area contributed by atoms with E-state index in [0.29, 0.717) is 6.10 Å². The first-order valence-corrected chi connectivity index (χ1v) is 7.91. The van der Waals surface area contributed by atoms with Gasteiger partial charge in [0.15, 0.2) is 0 Å². The summed E-state index contributed by atoms with van der Waals surface area (Å²) in [6.07, 6.45) is 6.08. The van der Waals surface area contributed by atoms with Crippen LogP contribution in [0.2, 0.25) is 0 Å². The predicted octanol–water partition coefficient (Wildman–Crippen LogP) is 1.18. The molecule has 4 nitrogen and oxygen atoms in total. The van der Waals surface area contributed by atoms with E-state index in [2.05, 4.69) is 5.32 Å². The minimum Gasteiger partial charge on any atom is -0.393 e. The van der Waals surface area contributed by atoms with Crippen LogP contribution in [0.4, 0.5) is 0 Å². The van der Waals surface area contributed by atoms with Crippen molar-refractivity contribution in [1.82, 2.24) is 5.32 Å². The van der Waals surface area contributed by atoms with E-state index in [1.54, 1.807) is 0 Å². The van der Waals surface area contributed by atoms with Crippen molar-refractivity contribution in [1.29, 1.82) is 0 Å². The standard InChI is InChI=1S/C15H27NO3/c17-13-5-11(6-13)15-7-12(15)10-18-3-1-2-4-19-14-8-16-9-14/h11-17H,1-10H2/t11?,12?,13?,15-/m0/s1. The van der Waals surface area contributed by atoms with Crippen LogP contribution in [-0.2, 0) is 9.47 Å². The smallest absolute Gasteiger partial charge is 0.0823 e. The molecule has 2 saturated carbocycles. The lowest BCUT2D eigenvalue weighted by molar-refractivity contribution is 0.0123. The molecule has 0 amide bonds. The first-order valence-electron chi connectivity index (χ1n) is 7.91. The fourth-order valence-electron chi connectivity index (χ4n) is 3.19. The monoisotopic (exact) mass is 269 g/mol. The molecule has 0 radical (unpaired) electrons. The Morgan fingerprint density at radius 1 is 1.05 bits per heavy atom. The topological polar surface area (TPSA) is 50.7 Å². The highest BCUT2D eigenvalue weighted by Gasteiger charge is 2.47. The number of nitrogens with one attached hydrogen (secondary N) is 1. The Morgan fingerprint density at radius 2 is 1.84 bits per heavy atom. The zero-order chi connectivity index (χ0) is 13.1. The molecule has 19 heavy (non-hydrogen) atoms. The van der Waals surface area contributed by atoms with Crippen LogP contribution in [0.25, 0.3) is 0 Å². The number of unbranched alkanes of at least 4 members (excludes halogenated alkanes) is 1. The molecule has 3 rings (SSSR count). The van der Waals surface area contributed by atoms with Gasteiger partial charge in [0.25, 0.3) is 0 Å². The van der Waals surface area contributed by atoms with Crippen LogP contribution < -0.4 is 5.32 Å². The normalized spacial score (nSPS) is 37.7. The minimum absolute atomic E-state index is 0.00182. The number of rotatable bonds is 9. The Hall–Kier alpha value is -0.160. The largest absolute Gasteiger partial charge is 0.393 e. The Morgan fingerprint density at radius 3 is 2.53 bits per heavy atom. The van der Waals surface area contributed by atoms with Gasteiger partial charge in [-0.2, -0.15) is 0 Å². The summed E-state index contributed by atoms with van der Waals surface area (Å²) in [6.45, 7) is 4.74. The van der Waals surface area contributed by atoms with Crippen molar-refractivity contribution in [2.75, 3.05) is 32.9 Å². The lowest BCUT2D eigenvalue weighted by Crippen LogP contribution is -2.48. The highest BCUT2D eigenvalue weighted by molar-refractivity contribution is 4.96. The Labute approximate surface area is 115 Å². The van der Waals surface area contributed by atoms with Crippen molar-refractivity contribution < 1.29 is 14.6 Å². The average molecular weight is 269 g/mol. The van der Waals surface area contributed by atoms with Gasteiger partial charge in [-0.15, -0.1) is 0 Å². The number of ether oxygens (including phenoxy) is 2. The van der Waals surface area contributed by atoms with Gasteiger partial charge in [-0.25, -0.2) is 0 Å². The second-order valence-corrected chi connectivity index (χ2v) is 6.48. The lowest BCUT2D eigenvalue weighted by atomic mass is 9.78. The molecule has 0 spiro atoms. The van der Waals surface area contributed by atoms with Crippen molar-refractivity contribution in [3.05, 3.63) is 0 Å². The number of aliphatic hydroxyl groups excluding tert-OH is 1. The van der Waals surface area contributed by atoms with Gasteiger partial charge in [-0.05, 0) is 49.9 Å². The fourth-order valence-corrected chi connectivity index (χ4v) is 3.19. The Bertz CT molecular complexity index is 277. The molecule has 0 aromatic heterocycles. The maximum Gasteiger partial charge on any atom is 0.0823 e. The molecule has 2 aliphatic carbocycles. The van der Waals surface area contributed by atoms with Crippen molar-refractivity contribution in [3.63, 3.8) is 0 Å². The van der Waals surface area contributed by atoms with E-state index in [4.69, 9.17) is 9.47 Å². The van der Waals surface area contributed by atoms with Crippen LogP contribution in [0.3, 0.4) is 0 Å². The van der Waals surface area contributed by atoms with Crippen molar-refractivity contribution in [2.45, 2.75) is 44.3 Å². The van der Waals surface area contributed by atoms with E-state index < -0.39 is 0 Å². The van der Waals surface area contributed by atoms with Crippen LogP contribution in [0.5, 0.6) is 0 Å². The molecule has 0 aromatic carbocycles. The van der Waals surface area contributed by atoms with E-state index >= 15 is 0 Å². The zero-order valence-corrected chi connectivity index (χ0v) is 11.7. The summed E-state index contributed by atoms with van der Waals surface area (Å²) in [7, 11) is 0. The Balaban J connectivity index is 1.11. The molecule has 1 unspecified atom stereocenters. The third-order valence-corrected chi connectivity index (χ3v) is 4.84. The summed E-state index contributed by atoms with van der Waals surface area (Å²) in [6, 6.07) is 0.